The van der Waals surface area contributed by atoms with Crippen LogP contribution in [-0.2, 0) is 6.54 Å². The summed E-state index contributed by atoms with van der Waals surface area (Å²) in [4.78, 5) is 12.3. The number of carbonyl (C=O) groups is 1. The molecule has 128 valence electrons. The number of anilines is 1. The Morgan fingerprint density at radius 2 is 1.96 bits per heavy atom. The molecule has 1 amide bonds. The predicted molar refractivity (Wildman–Crippen MR) is 86.6 cm³/mol. The average molecular weight is 344 g/mol. The van der Waals surface area contributed by atoms with Gasteiger partial charge in [-0.15, -0.1) is 10.2 Å². The molecule has 3 rings (SSSR count). The summed E-state index contributed by atoms with van der Waals surface area (Å²) in [5.41, 5.74) is 1.19. The van der Waals surface area contributed by atoms with Crippen molar-refractivity contribution in [3.8, 4) is 5.75 Å². The smallest absolute Gasteiger partial charge is 0.387 e. The lowest BCUT2D eigenvalue weighted by Crippen LogP contribution is -2.16. The normalized spacial score (nSPS) is 10.7. The van der Waals surface area contributed by atoms with Crippen LogP contribution in [0.2, 0.25) is 0 Å². The summed E-state index contributed by atoms with van der Waals surface area (Å²) in [6.45, 7) is -2.47. The number of amides is 1. The van der Waals surface area contributed by atoms with E-state index in [0.29, 0.717) is 6.54 Å². The molecule has 0 bridgehead atoms. The quantitative estimate of drug-likeness (QED) is 0.746. The van der Waals surface area contributed by atoms with Crippen LogP contribution in [0, 0.1) is 0 Å². The zero-order valence-electron chi connectivity index (χ0n) is 13.0. The topological polar surface area (TPSA) is 69.0 Å². The van der Waals surface area contributed by atoms with Gasteiger partial charge in [-0.1, -0.05) is 36.4 Å². The number of alkyl halides is 2. The zero-order valence-corrected chi connectivity index (χ0v) is 13.0. The summed E-state index contributed by atoms with van der Waals surface area (Å²) in [5.74, 6) is -0.329. The number of rotatable bonds is 6. The van der Waals surface area contributed by atoms with E-state index >= 15 is 0 Å². The number of halogens is 2. The molecule has 0 spiro atoms. The largest absolute Gasteiger partial charge is 0.435 e. The van der Waals surface area contributed by atoms with Gasteiger partial charge in [0.2, 0.25) is 5.95 Å². The summed E-state index contributed by atoms with van der Waals surface area (Å²) < 4.78 is 30.5. The molecule has 0 unspecified atom stereocenters. The average Bonchev–Trinajstić information content (AvgIpc) is 3.02. The first kappa shape index (κ1) is 16.6. The molecule has 1 heterocycles. The Kier molecular flexibility index (Phi) is 4.98. The van der Waals surface area contributed by atoms with Crippen LogP contribution in [0.4, 0.5) is 14.7 Å². The SMILES string of the molecule is O=C(Nc1nncn1Cc1ccccc1)c1cccc(OC(F)F)c1. The first-order chi connectivity index (χ1) is 12.1. The van der Waals surface area contributed by atoms with Crippen LogP contribution in [0.3, 0.4) is 0 Å². The standard InChI is InChI=1S/C17H14F2N4O2/c18-16(19)25-14-8-4-7-13(9-14)15(24)21-17-22-20-11-23(17)10-12-5-2-1-3-6-12/h1-9,11,16H,10H2,(H,21,22,24). The maximum Gasteiger partial charge on any atom is 0.387 e. The molecule has 1 aromatic heterocycles. The fourth-order valence-electron chi connectivity index (χ4n) is 2.23. The van der Waals surface area contributed by atoms with Crippen LogP contribution >= 0.6 is 0 Å². The van der Waals surface area contributed by atoms with Crippen molar-refractivity contribution in [3.63, 3.8) is 0 Å². The van der Waals surface area contributed by atoms with E-state index in [1.54, 1.807) is 4.57 Å². The molecule has 6 nitrogen and oxygen atoms in total. The minimum absolute atomic E-state index is 0.0894. The van der Waals surface area contributed by atoms with Gasteiger partial charge in [0, 0.05) is 5.56 Å². The summed E-state index contributed by atoms with van der Waals surface area (Å²) >= 11 is 0. The van der Waals surface area contributed by atoms with Gasteiger partial charge in [0.05, 0.1) is 6.54 Å². The third-order valence-corrected chi connectivity index (χ3v) is 3.36. The van der Waals surface area contributed by atoms with Gasteiger partial charge >= 0.3 is 6.61 Å². The van der Waals surface area contributed by atoms with Crippen LogP contribution in [-0.4, -0.2) is 27.3 Å². The van der Waals surface area contributed by atoms with Crippen molar-refractivity contribution in [2.24, 2.45) is 0 Å². The van der Waals surface area contributed by atoms with Gasteiger partial charge in [-0.3, -0.25) is 14.7 Å². The minimum Gasteiger partial charge on any atom is -0.435 e. The van der Waals surface area contributed by atoms with Crippen molar-refractivity contribution in [1.29, 1.82) is 0 Å². The van der Waals surface area contributed by atoms with Gasteiger partial charge in [-0.2, -0.15) is 8.78 Å². The Morgan fingerprint density at radius 1 is 1.16 bits per heavy atom. The maximum atomic E-state index is 12.3. The predicted octanol–water partition coefficient (Wildman–Crippen LogP) is 3.18. The van der Waals surface area contributed by atoms with Crippen molar-refractivity contribution in [1.82, 2.24) is 14.8 Å². The highest BCUT2D eigenvalue weighted by molar-refractivity contribution is 6.03. The second-order valence-corrected chi connectivity index (χ2v) is 5.13. The maximum absolute atomic E-state index is 12.3. The summed E-state index contributed by atoms with van der Waals surface area (Å²) in [7, 11) is 0. The lowest BCUT2D eigenvalue weighted by molar-refractivity contribution is -0.0498. The van der Waals surface area contributed by atoms with Crippen LogP contribution in [0.15, 0.2) is 60.9 Å². The first-order valence-electron chi connectivity index (χ1n) is 7.40. The molecule has 0 saturated heterocycles. The third-order valence-electron chi connectivity index (χ3n) is 3.36. The van der Waals surface area contributed by atoms with E-state index < -0.39 is 12.5 Å². The molecule has 2 aromatic carbocycles. The van der Waals surface area contributed by atoms with Crippen LogP contribution in [0.5, 0.6) is 5.75 Å². The molecule has 8 heteroatoms. The zero-order chi connectivity index (χ0) is 17.6. The fourth-order valence-corrected chi connectivity index (χ4v) is 2.23. The minimum atomic E-state index is -2.95. The highest BCUT2D eigenvalue weighted by atomic mass is 19.3. The second-order valence-electron chi connectivity index (χ2n) is 5.13. The van der Waals surface area contributed by atoms with E-state index in [0.717, 1.165) is 5.56 Å². The number of benzene rings is 2. The number of ether oxygens (including phenoxy) is 1. The molecular weight excluding hydrogens is 330 g/mol. The molecule has 0 aliphatic heterocycles. The Bertz CT molecular complexity index is 853. The molecule has 0 radical (unpaired) electrons. The highest BCUT2D eigenvalue weighted by Crippen LogP contribution is 2.17. The number of carbonyl (C=O) groups excluding carboxylic acids is 1. The van der Waals surface area contributed by atoms with Gasteiger partial charge in [-0.25, -0.2) is 0 Å². The van der Waals surface area contributed by atoms with E-state index in [9.17, 15) is 13.6 Å². The molecular formula is C17H14F2N4O2. The fraction of sp³-hybridized carbons (Fsp3) is 0.118. The van der Waals surface area contributed by atoms with Crippen molar-refractivity contribution in [3.05, 3.63) is 72.1 Å². The van der Waals surface area contributed by atoms with Gasteiger partial charge in [0.15, 0.2) is 0 Å². The Labute approximate surface area is 142 Å². The number of hydrogen-bond donors (Lipinski definition) is 1. The molecule has 1 N–H and O–H groups in total. The van der Waals surface area contributed by atoms with Gasteiger partial charge in [-0.05, 0) is 23.8 Å². The molecule has 3 aromatic rings. The molecule has 0 fully saturated rings. The Morgan fingerprint density at radius 3 is 2.72 bits per heavy atom. The van der Waals surface area contributed by atoms with E-state index in [1.807, 2.05) is 30.3 Å². The van der Waals surface area contributed by atoms with Gasteiger partial charge < -0.3 is 4.74 Å². The Hall–Kier alpha value is -3.29. The first-order valence-corrected chi connectivity index (χ1v) is 7.40. The van der Waals surface area contributed by atoms with E-state index in [2.05, 4.69) is 20.3 Å². The lowest BCUT2D eigenvalue weighted by Gasteiger charge is -2.09. The van der Waals surface area contributed by atoms with Crippen LogP contribution in [0.25, 0.3) is 0 Å². The van der Waals surface area contributed by atoms with Crippen LogP contribution < -0.4 is 10.1 Å². The summed E-state index contributed by atoms with van der Waals surface area (Å²) in [6, 6.07) is 15.1. The lowest BCUT2D eigenvalue weighted by atomic mass is 10.2. The number of aromatic nitrogens is 3. The second kappa shape index (κ2) is 7.52. The van der Waals surface area contributed by atoms with Gasteiger partial charge in [0.1, 0.15) is 12.1 Å². The van der Waals surface area contributed by atoms with E-state index in [4.69, 9.17) is 0 Å². The molecule has 0 atom stereocenters. The molecule has 25 heavy (non-hydrogen) atoms. The number of nitrogens with zero attached hydrogens (tertiary/aromatic N) is 3. The van der Waals surface area contributed by atoms with Crippen molar-refractivity contribution in [2.45, 2.75) is 13.2 Å². The summed E-state index contributed by atoms with van der Waals surface area (Å²) in [5, 5.41) is 10.3. The van der Waals surface area contributed by atoms with E-state index in [-0.39, 0.29) is 17.3 Å². The monoisotopic (exact) mass is 344 g/mol. The number of nitrogens with one attached hydrogen (secondary N) is 1. The van der Waals surface area contributed by atoms with Crippen molar-refractivity contribution in [2.75, 3.05) is 5.32 Å². The van der Waals surface area contributed by atoms with Crippen molar-refractivity contribution >= 4 is 11.9 Å². The van der Waals surface area contributed by atoms with Crippen molar-refractivity contribution < 1.29 is 18.3 Å². The molecule has 0 aliphatic rings. The van der Waals surface area contributed by atoms with Gasteiger partial charge in [0.25, 0.3) is 5.91 Å². The third kappa shape index (κ3) is 4.37. The summed E-state index contributed by atoms with van der Waals surface area (Å²) in [6.07, 6.45) is 1.50. The number of hydrogen-bond acceptors (Lipinski definition) is 4. The van der Waals surface area contributed by atoms with E-state index in [1.165, 1.54) is 30.6 Å². The van der Waals surface area contributed by atoms with Crippen LogP contribution in [0.1, 0.15) is 15.9 Å². The molecule has 0 saturated carbocycles. The Balaban J connectivity index is 1.73. The molecule has 0 aliphatic carbocycles. The highest BCUT2D eigenvalue weighted by Gasteiger charge is 2.13.